The second kappa shape index (κ2) is 10.3. The maximum absolute atomic E-state index is 12.7. The predicted octanol–water partition coefficient (Wildman–Crippen LogP) is 3.36. The fourth-order valence-corrected chi connectivity index (χ4v) is 2.34. The average molecular weight is 423 g/mol. The molecule has 30 heavy (non-hydrogen) atoms. The second-order valence-corrected chi connectivity index (χ2v) is 6.08. The number of para-hydroxylation sites is 1. The van der Waals surface area contributed by atoms with Gasteiger partial charge in [0.15, 0.2) is 0 Å². The first-order valence-corrected chi connectivity index (χ1v) is 8.77. The van der Waals surface area contributed by atoms with E-state index in [1.54, 1.807) is 24.3 Å². The van der Waals surface area contributed by atoms with Crippen molar-refractivity contribution in [3.05, 3.63) is 59.7 Å². The van der Waals surface area contributed by atoms with Gasteiger partial charge in [0.1, 0.15) is 12.0 Å². The zero-order valence-electron chi connectivity index (χ0n) is 16.2. The number of halogens is 3. The van der Waals surface area contributed by atoms with Crippen LogP contribution < -0.4 is 15.4 Å². The van der Waals surface area contributed by atoms with Crippen LogP contribution in [0.25, 0.3) is 0 Å². The summed E-state index contributed by atoms with van der Waals surface area (Å²) in [6.07, 6.45) is -4.80. The van der Waals surface area contributed by atoms with Crippen LogP contribution in [-0.4, -0.2) is 31.2 Å². The van der Waals surface area contributed by atoms with Gasteiger partial charge in [-0.2, -0.15) is 13.2 Å². The molecule has 2 aromatic rings. The fraction of sp³-hybridized carbons (Fsp3) is 0.250. The number of amides is 2. The Bertz CT molecular complexity index is 916. The molecule has 0 bridgehead atoms. The van der Waals surface area contributed by atoms with Gasteiger partial charge >= 0.3 is 6.18 Å². The van der Waals surface area contributed by atoms with Crippen molar-refractivity contribution >= 4 is 23.7 Å². The third-order valence-electron chi connectivity index (χ3n) is 3.86. The van der Waals surface area contributed by atoms with Crippen LogP contribution in [0, 0.1) is 0 Å². The van der Waals surface area contributed by atoms with Gasteiger partial charge in [-0.1, -0.05) is 29.4 Å². The Morgan fingerprint density at radius 3 is 2.60 bits per heavy atom. The van der Waals surface area contributed by atoms with Gasteiger partial charge in [0.2, 0.25) is 6.10 Å². The average Bonchev–Trinajstić information content (AvgIpc) is 2.71. The first-order valence-electron chi connectivity index (χ1n) is 8.77. The van der Waals surface area contributed by atoms with E-state index in [4.69, 9.17) is 9.57 Å². The molecule has 2 aromatic carbocycles. The van der Waals surface area contributed by atoms with Crippen LogP contribution in [0.3, 0.4) is 0 Å². The highest BCUT2D eigenvalue weighted by Gasteiger charge is 2.30. The van der Waals surface area contributed by atoms with E-state index in [1.165, 1.54) is 26.2 Å². The third-order valence-corrected chi connectivity index (χ3v) is 3.86. The van der Waals surface area contributed by atoms with E-state index in [1.807, 2.05) is 0 Å². The Labute approximate surface area is 170 Å². The standard InChI is InChI=1S/C20H20F3N3O4/c1-13(19(28)24-11-14-6-3-4-9-17(14)29-2)30-25-12-18(27)26-16-8-5-7-15(10-16)20(21,22)23/h3-10,12-13H,11H2,1-2H3,(H,24,28)(H,26,27)/b25-12+. The number of rotatable bonds is 8. The summed E-state index contributed by atoms with van der Waals surface area (Å²) in [5.41, 5.74) is -0.179. The number of carbonyl (C=O) groups is 2. The molecule has 2 N–H and O–H groups in total. The fourth-order valence-electron chi connectivity index (χ4n) is 2.34. The molecule has 2 rings (SSSR count). The SMILES string of the molecule is COc1ccccc1CNC(=O)C(C)O/N=C/C(=O)Nc1cccc(C(F)(F)F)c1. The predicted molar refractivity (Wildman–Crippen MR) is 104 cm³/mol. The summed E-state index contributed by atoms with van der Waals surface area (Å²) >= 11 is 0. The minimum Gasteiger partial charge on any atom is -0.496 e. The zero-order valence-corrected chi connectivity index (χ0v) is 16.2. The van der Waals surface area contributed by atoms with Gasteiger partial charge in [0, 0.05) is 17.8 Å². The first kappa shape index (κ1) is 22.7. The number of carbonyl (C=O) groups excluding carboxylic acids is 2. The van der Waals surface area contributed by atoms with Crippen molar-refractivity contribution in [2.75, 3.05) is 12.4 Å². The third kappa shape index (κ3) is 6.80. The number of anilines is 1. The number of ether oxygens (including phenoxy) is 1. The molecular formula is C20H20F3N3O4. The van der Waals surface area contributed by atoms with Gasteiger partial charge in [0.05, 0.1) is 12.7 Å². The largest absolute Gasteiger partial charge is 0.496 e. The molecule has 0 aliphatic heterocycles. The van der Waals surface area contributed by atoms with E-state index < -0.39 is 29.7 Å². The van der Waals surface area contributed by atoms with Crippen LogP contribution >= 0.6 is 0 Å². The lowest BCUT2D eigenvalue weighted by molar-refractivity contribution is -0.137. The van der Waals surface area contributed by atoms with Gasteiger partial charge in [-0.15, -0.1) is 0 Å². The summed E-state index contributed by atoms with van der Waals surface area (Å²) in [7, 11) is 1.52. The molecule has 1 unspecified atom stereocenters. The Balaban J connectivity index is 1.82. The lowest BCUT2D eigenvalue weighted by atomic mass is 10.2. The molecule has 10 heteroatoms. The molecule has 0 aliphatic rings. The van der Waals surface area contributed by atoms with Crippen LogP contribution in [-0.2, 0) is 27.1 Å². The molecule has 0 radical (unpaired) electrons. The number of hydrogen-bond acceptors (Lipinski definition) is 5. The number of benzene rings is 2. The highest BCUT2D eigenvalue weighted by atomic mass is 19.4. The highest BCUT2D eigenvalue weighted by molar-refractivity contribution is 6.31. The molecule has 160 valence electrons. The Morgan fingerprint density at radius 2 is 1.90 bits per heavy atom. The van der Waals surface area contributed by atoms with Crippen LogP contribution in [0.4, 0.5) is 18.9 Å². The van der Waals surface area contributed by atoms with Crippen molar-refractivity contribution in [1.82, 2.24) is 5.32 Å². The summed E-state index contributed by atoms with van der Waals surface area (Å²) in [5.74, 6) is -0.664. The molecule has 7 nitrogen and oxygen atoms in total. The van der Waals surface area contributed by atoms with Crippen LogP contribution in [0.15, 0.2) is 53.7 Å². The summed E-state index contributed by atoms with van der Waals surface area (Å²) in [6, 6.07) is 11.3. The smallest absolute Gasteiger partial charge is 0.416 e. The maximum atomic E-state index is 12.7. The molecule has 0 saturated carbocycles. The summed E-state index contributed by atoms with van der Waals surface area (Å²) in [5, 5.41) is 8.28. The van der Waals surface area contributed by atoms with E-state index in [9.17, 15) is 22.8 Å². The number of nitrogens with one attached hydrogen (secondary N) is 2. The number of methoxy groups -OCH3 is 1. The van der Waals surface area contributed by atoms with Gasteiger partial charge < -0.3 is 20.2 Å². The second-order valence-electron chi connectivity index (χ2n) is 6.08. The summed E-state index contributed by atoms with van der Waals surface area (Å²) < 4.78 is 43.2. The van der Waals surface area contributed by atoms with E-state index in [-0.39, 0.29) is 12.2 Å². The Morgan fingerprint density at radius 1 is 1.17 bits per heavy atom. The topological polar surface area (TPSA) is 89.0 Å². The Kier molecular flexibility index (Phi) is 7.79. The first-order chi connectivity index (χ1) is 14.2. The van der Waals surface area contributed by atoms with E-state index >= 15 is 0 Å². The molecule has 1 atom stereocenters. The van der Waals surface area contributed by atoms with Crippen molar-refractivity contribution in [1.29, 1.82) is 0 Å². The summed E-state index contributed by atoms with van der Waals surface area (Å²) in [6.45, 7) is 1.63. The number of nitrogens with zero attached hydrogens (tertiary/aromatic N) is 1. The molecule has 0 fully saturated rings. The van der Waals surface area contributed by atoms with E-state index in [0.29, 0.717) is 5.75 Å². The molecule has 0 aromatic heterocycles. The van der Waals surface area contributed by atoms with Crippen molar-refractivity contribution in [3.8, 4) is 5.75 Å². The van der Waals surface area contributed by atoms with Crippen molar-refractivity contribution in [2.24, 2.45) is 5.16 Å². The van der Waals surface area contributed by atoms with Crippen LogP contribution in [0.2, 0.25) is 0 Å². The lowest BCUT2D eigenvalue weighted by Gasteiger charge is -2.12. The maximum Gasteiger partial charge on any atom is 0.416 e. The van der Waals surface area contributed by atoms with Gasteiger partial charge in [-0.05, 0) is 31.2 Å². The molecule has 0 aliphatic carbocycles. The van der Waals surface area contributed by atoms with Crippen molar-refractivity contribution in [2.45, 2.75) is 25.7 Å². The quantitative estimate of drug-likeness (QED) is 0.503. The zero-order chi connectivity index (χ0) is 22.1. The van der Waals surface area contributed by atoms with E-state index in [2.05, 4.69) is 15.8 Å². The van der Waals surface area contributed by atoms with Crippen LogP contribution in [0.5, 0.6) is 5.75 Å². The number of alkyl halides is 3. The molecule has 0 heterocycles. The molecule has 2 amide bonds. The van der Waals surface area contributed by atoms with Gasteiger partial charge in [-0.25, -0.2) is 0 Å². The molecule has 0 spiro atoms. The van der Waals surface area contributed by atoms with Crippen molar-refractivity contribution in [3.63, 3.8) is 0 Å². The van der Waals surface area contributed by atoms with Crippen molar-refractivity contribution < 1.29 is 32.3 Å². The Hall–Kier alpha value is -3.56. The normalized spacial score (nSPS) is 12.3. The molecular weight excluding hydrogens is 403 g/mol. The molecule has 0 saturated heterocycles. The van der Waals surface area contributed by atoms with Crippen LogP contribution in [0.1, 0.15) is 18.1 Å². The highest BCUT2D eigenvalue weighted by Crippen LogP contribution is 2.30. The van der Waals surface area contributed by atoms with E-state index in [0.717, 1.165) is 23.9 Å². The monoisotopic (exact) mass is 423 g/mol. The summed E-state index contributed by atoms with van der Waals surface area (Å²) in [4.78, 5) is 28.7. The number of hydrogen-bond donors (Lipinski definition) is 2. The minimum atomic E-state index is -4.52. The van der Waals surface area contributed by atoms with Gasteiger partial charge in [0.25, 0.3) is 11.8 Å². The van der Waals surface area contributed by atoms with Gasteiger partial charge in [-0.3, -0.25) is 9.59 Å². The minimum absolute atomic E-state index is 0.0520. The number of oxime groups is 1. The lowest BCUT2D eigenvalue weighted by Crippen LogP contribution is -2.33.